The summed E-state index contributed by atoms with van der Waals surface area (Å²) >= 11 is 6.13. The van der Waals surface area contributed by atoms with Crippen molar-refractivity contribution in [2.45, 2.75) is 64.1 Å². The fraction of sp³-hybridized carbons (Fsp3) is 0.647. The van der Waals surface area contributed by atoms with Gasteiger partial charge in [0.05, 0.1) is 6.10 Å². The molecule has 0 aliphatic heterocycles. The van der Waals surface area contributed by atoms with Crippen molar-refractivity contribution in [3.8, 4) is 5.75 Å². The van der Waals surface area contributed by atoms with Crippen molar-refractivity contribution >= 4 is 11.6 Å². The summed E-state index contributed by atoms with van der Waals surface area (Å²) in [6, 6.07) is 6.71. The smallest absolute Gasteiger partial charge is 0.124 e. The zero-order valence-corrected chi connectivity index (χ0v) is 13.0. The lowest BCUT2D eigenvalue weighted by Gasteiger charge is -2.27. The van der Waals surface area contributed by atoms with Gasteiger partial charge in [0.1, 0.15) is 5.75 Å². The predicted molar refractivity (Wildman–Crippen MR) is 83.4 cm³/mol. The van der Waals surface area contributed by atoms with E-state index in [0.717, 1.165) is 23.2 Å². The molecule has 0 amide bonds. The van der Waals surface area contributed by atoms with Crippen molar-refractivity contribution in [3.05, 3.63) is 28.8 Å². The van der Waals surface area contributed by atoms with Gasteiger partial charge in [-0.15, -0.1) is 0 Å². The van der Waals surface area contributed by atoms with Crippen molar-refractivity contribution in [1.29, 1.82) is 0 Å². The Morgan fingerprint density at radius 3 is 2.60 bits per heavy atom. The Bertz CT molecular complexity index is 450. The molecule has 0 saturated heterocycles. The minimum Gasteiger partial charge on any atom is -0.490 e. The van der Waals surface area contributed by atoms with E-state index in [1.165, 1.54) is 44.1 Å². The lowest BCUT2D eigenvalue weighted by molar-refractivity contribution is 0.134. The summed E-state index contributed by atoms with van der Waals surface area (Å²) in [5, 5.41) is 4.34. The van der Waals surface area contributed by atoms with E-state index in [4.69, 9.17) is 16.3 Å². The molecule has 2 aliphatic rings. The van der Waals surface area contributed by atoms with Gasteiger partial charge in [-0.25, -0.2) is 0 Å². The van der Waals surface area contributed by atoms with Crippen LogP contribution in [0.2, 0.25) is 5.02 Å². The van der Waals surface area contributed by atoms with Gasteiger partial charge in [0.25, 0.3) is 0 Å². The van der Waals surface area contributed by atoms with Crippen LogP contribution in [0.4, 0.5) is 0 Å². The Kier molecular flexibility index (Phi) is 4.52. The van der Waals surface area contributed by atoms with E-state index in [1.54, 1.807) is 0 Å². The van der Waals surface area contributed by atoms with Gasteiger partial charge in [-0.1, -0.05) is 18.5 Å². The summed E-state index contributed by atoms with van der Waals surface area (Å²) in [7, 11) is 0. The highest BCUT2D eigenvalue weighted by atomic mass is 35.5. The van der Waals surface area contributed by atoms with Crippen LogP contribution < -0.4 is 10.1 Å². The number of hydrogen-bond donors (Lipinski definition) is 1. The minimum atomic E-state index is 0.382. The Balaban J connectivity index is 1.64. The van der Waals surface area contributed by atoms with E-state index in [0.29, 0.717) is 12.1 Å². The number of hydrogen-bond acceptors (Lipinski definition) is 2. The van der Waals surface area contributed by atoms with Crippen LogP contribution >= 0.6 is 11.6 Å². The second kappa shape index (κ2) is 6.36. The average molecular weight is 294 g/mol. The Morgan fingerprint density at radius 1 is 1.15 bits per heavy atom. The molecule has 3 rings (SSSR count). The predicted octanol–water partition coefficient (Wildman–Crippen LogP) is 4.55. The first kappa shape index (κ1) is 14.2. The average Bonchev–Trinajstić information content (AvgIpc) is 3.25. The highest BCUT2D eigenvalue weighted by molar-refractivity contribution is 6.30. The molecule has 2 nitrogen and oxygen atoms in total. The van der Waals surface area contributed by atoms with Crippen LogP contribution in [0.15, 0.2) is 18.2 Å². The summed E-state index contributed by atoms with van der Waals surface area (Å²) in [6.45, 7) is 3.20. The molecule has 2 fully saturated rings. The van der Waals surface area contributed by atoms with Crippen LogP contribution in [0.5, 0.6) is 5.75 Å². The molecule has 2 saturated carbocycles. The maximum atomic E-state index is 6.24. The van der Waals surface area contributed by atoms with E-state index in [-0.39, 0.29) is 0 Å². The molecular weight excluding hydrogens is 270 g/mol. The third-order valence-electron chi connectivity index (χ3n) is 4.44. The van der Waals surface area contributed by atoms with Crippen LogP contribution in [0.1, 0.15) is 51.0 Å². The Morgan fingerprint density at radius 2 is 1.90 bits per heavy atom. The molecule has 20 heavy (non-hydrogen) atoms. The van der Waals surface area contributed by atoms with Crippen molar-refractivity contribution in [2.75, 3.05) is 0 Å². The van der Waals surface area contributed by atoms with Gasteiger partial charge in [-0.05, 0) is 62.6 Å². The molecular formula is C17H24ClNO. The number of nitrogens with one attached hydrogen (secondary N) is 1. The summed E-state index contributed by atoms with van der Waals surface area (Å²) in [4.78, 5) is 0. The molecule has 0 unspecified atom stereocenters. The normalized spacial score (nSPS) is 26.5. The lowest BCUT2D eigenvalue weighted by Crippen LogP contribution is -2.24. The third kappa shape index (κ3) is 3.89. The molecule has 0 heterocycles. The van der Waals surface area contributed by atoms with E-state index < -0.39 is 0 Å². The highest BCUT2D eigenvalue weighted by Gasteiger charge is 2.22. The second-order valence-corrected chi connectivity index (χ2v) is 6.84. The zero-order valence-electron chi connectivity index (χ0n) is 12.2. The fourth-order valence-electron chi connectivity index (χ4n) is 2.87. The summed E-state index contributed by atoms with van der Waals surface area (Å²) in [5.41, 5.74) is 1.20. The fourth-order valence-corrected chi connectivity index (χ4v) is 3.06. The van der Waals surface area contributed by atoms with Crippen molar-refractivity contribution < 1.29 is 4.74 Å². The van der Waals surface area contributed by atoms with Crippen LogP contribution in [-0.4, -0.2) is 12.1 Å². The Hall–Kier alpha value is -0.730. The molecule has 1 aromatic rings. The molecule has 0 bridgehead atoms. The van der Waals surface area contributed by atoms with Crippen LogP contribution in [0.3, 0.4) is 0 Å². The summed E-state index contributed by atoms with van der Waals surface area (Å²) in [5.74, 6) is 1.87. The summed E-state index contributed by atoms with van der Waals surface area (Å²) in [6.07, 6.45) is 7.92. The van der Waals surface area contributed by atoms with E-state index in [2.05, 4.69) is 12.2 Å². The van der Waals surface area contributed by atoms with Gasteiger partial charge in [-0.3, -0.25) is 0 Å². The number of ether oxygens (including phenoxy) is 1. The number of benzene rings is 1. The highest BCUT2D eigenvalue weighted by Crippen LogP contribution is 2.30. The quantitative estimate of drug-likeness (QED) is 0.860. The van der Waals surface area contributed by atoms with Crippen LogP contribution in [-0.2, 0) is 6.54 Å². The van der Waals surface area contributed by atoms with Gasteiger partial charge in [0.2, 0.25) is 0 Å². The first-order valence-corrected chi connectivity index (χ1v) is 8.27. The van der Waals surface area contributed by atoms with Crippen molar-refractivity contribution in [3.63, 3.8) is 0 Å². The molecule has 0 radical (unpaired) electrons. The first-order valence-electron chi connectivity index (χ1n) is 7.89. The molecule has 1 N–H and O–H groups in total. The lowest BCUT2D eigenvalue weighted by atomic mass is 9.89. The standard InChI is InChI=1S/C17H24ClNO/c1-12-2-7-16(8-3-12)20-17-9-4-14(18)10-13(17)11-19-15-5-6-15/h4,9-10,12,15-16,19H,2-3,5-8,11H2,1H3. The van der Waals surface area contributed by atoms with E-state index >= 15 is 0 Å². The topological polar surface area (TPSA) is 21.3 Å². The van der Waals surface area contributed by atoms with Gasteiger partial charge in [0, 0.05) is 23.2 Å². The monoisotopic (exact) mass is 293 g/mol. The molecule has 0 atom stereocenters. The van der Waals surface area contributed by atoms with Crippen molar-refractivity contribution in [2.24, 2.45) is 5.92 Å². The molecule has 110 valence electrons. The van der Waals surface area contributed by atoms with Gasteiger partial charge in [-0.2, -0.15) is 0 Å². The maximum Gasteiger partial charge on any atom is 0.124 e. The summed E-state index contributed by atoms with van der Waals surface area (Å²) < 4.78 is 6.24. The van der Waals surface area contributed by atoms with E-state index in [9.17, 15) is 0 Å². The molecule has 0 aromatic heterocycles. The number of rotatable bonds is 5. The molecule has 0 spiro atoms. The SMILES string of the molecule is CC1CCC(Oc2ccc(Cl)cc2CNC2CC2)CC1. The van der Waals surface area contributed by atoms with Gasteiger partial charge < -0.3 is 10.1 Å². The first-order chi connectivity index (χ1) is 9.70. The maximum absolute atomic E-state index is 6.24. The second-order valence-electron chi connectivity index (χ2n) is 6.41. The van der Waals surface area contributed by atoms with Crippen molar-refractivity contribution in [1.82, 2.24) is 5.32 Å². The largest absolute Gasteiger partial charge is 0.490 e. The van der Waals surface area contributed by atoms with Gasteiger partial charge in [0.15, 0.2) is 0 Å². The van der Waals surface area contributed by atoms with Gasteiger partial charge >= 0.3 is 0 Å². The Labute approximate surface area is 126 Å². The van der Waals surface area contributed by atoms with E-state index in [1.807, 2.05) is 18.2 Å². The van der Waals surface area contributed by atoms with Crippen LogP contribution in [0.25, 0.3) is 0 Å². The molecule has 2 aliphatic carbocycles. The number of halogens is 1. The minimum absolute atomic E-state index is 0.382. The zero-order chi connectivity index (χ0) is 13.9. The van der Waals surface area contributed by atoms with Crippen LogP contribution in [0, 0.1) is 5.92 Å². The molecule has 1 aromatic carbocycles. The third-order valence-corrected chi connectivity index (χ3v) is 4.67. The molecule has 3 heteroatoms.